The SMILES string of the molecule is CCCC/C(=C(\Cl)c1ccc(NC(C)=O)cc1)C(F)(F)F. The molecule has 0 saturated heterocycles. The van der Waals surface area contributed by atoms with Crippen molar-refractivity contribution < 1.29 is 18.0 Å². The predicted molar refractivity (Wildman–Crippen MR) is 79.1 cm³/mol. The van der Waals surface area contributed by atoms with Gasteiger partial charge in [0, 0.05) is 12.6 Å². The van der Waals surface area contributed by atoms with Gasteiger partial charge >= 0.3 is 6.18 Å². The first-order chi connectivity index (χ1) is 9.75. The molecule has 0 unspecified atom stereocenters. The van der Waals surface area contributed by atoms with Gasteiger partial charge in [-0.05, 0) is 30.5 Å². The minimum Gasteiger partial charge on any atom is -0.326 e. The smallest absolute Gasteiger partial charge is 0.326 e. The average Bonchev–Trinajstić information content (AvgIpc) is 2.37. The summed E-state index contributed by atoms with van der Waals surface area (Å²) >= 11 is 5.92. The van der Waals surface area contributed by atoms with Crippen LogP contribution in [0.3, 0.4) is 0 Å². The van der Waals surface area contributed by atoms with E-state index in [0.29, 0.717) is 18.5 Å². The van der Waals surface area contributed by atoms with E-state index < -0.39 is 11.7 Å². The van der Waals surface area contributed by atoms with Crippen LogP contribution in [0.15, 0.2) is 29.8 Å². The van der Waals surface area contributed by atoms with Crippen molar-refractivity contribution in [3.05, 3.63) is 35.4 Å². The zero-order valence-corrected chi connectivity index (χ0v) is 12.6. The Bertz CT molecular complexity index is 521. The summed E-state index contributed by atoms with van der Waals surface area (Å²) in [4.78, 5) is 10.9. The maximum atomic E-state index is 13.0. The number of halogens is 4. The molecule has 116 valence electrons. The van der Waals surface area contributed by atoms with Crippen LogP contribution in [0.4, 0.5) is 18.9 Å². The standard InChI is InChI=1S/C15H17ClF3NO/c1-3-4-5-13(15(17,18)19)14(16)11-6-8-12(9-7-11)20-10(2)21/h6-9H,3-5H2,1-2H3,(H,20,21)/b14-13+. The van der Waals surface area contributed by atoms with Gasteiger partial charge in [0.15, 0.2) is 0 Å². The Morgan fingerprint density at radius 3 is 2.24 bits per heavy atom. The summed E-state index contributed by atoms with van der Waals surface area (Å²) in [5.41, 5.74) is 0.0883. The summed E-state index contributed by atoms with van der Waals surface area (Å²) in [7, 11) is 0. The number of hydrogen-bond acceptors (Lipinski definition) is 1. The number of amides is 1. The Morgan fingerprint density at radius 2 is 1.81 bits per heavy atom. The third-order valence-corrected chi connectivity index (χ3v) is 3.29. The number of hydrogen-bond donors (Lipinski definition) is 1. The zero-order valence-electron chi connectivity index (χ0n) is 11.9. The van der Waals surface area contributed by atoms with Crippen LogP contribution in [0.2, 0.25) is 0 Å². The van der Waals surface area contributed by atoms with Gasteiger partial charge in [-0.3, -0.25) is 4.79 Å². The lowest BCUT2D eigenvalue weighted by molar-refractivity contribution is -0.114. The number of carbonyl (C=O) groups excluding carboxylic acids is 1. The molecule has 0 bridgehead atoms. The molecule has 0 aliphatic rings. The van der Waals surface area contributed by atoms with Crippen LogP contribution in [-0.2, 0) is 4.79 Å². The Morgan fingerprint density at radius 1 is 1.24 bits per heavy atom. The second-order valence-electron chi connectivity index (χ2n) is 4.65. The van der Waals surface area contributed by atoms with Gasteiger partial charge in [0.2, 0.25) is 5.91 Å². The molecule has 0 fully saturated rings. The molecule has 0 radical (unpaired) electrons. The van der Waals surface area contributed by atoms with Crippen LogP contribution in [0.5, 0.6) is 0 Å². The van der Waals surface area contributed by atoms with E-state index in [1.165, 1.54) is 31.2 Å². The number of anilines is 1. The van der Waals surface area contributed by atoms with Crippen LogP contribution in [0, 0.1) is 0 Å². The summed E-state index contributed by atoms with van der Waals surface area (Å²) in [6, 6.07) is 5.97. The average molecular weight is 320 g/mol. The fourth-order valence-electron chi connectivity index (χ4n) is 1.81. The first kappa shape index (κ1) is 17.6. The van der Waals surface area contributed by atoms with E-state index in [-0.39, 0.29) is 22.9 Å². The minimum absolute atomic E-state index is 0.105. The van der Waals surface area contributed by atoms with Gasteiger partial charge in [0.05, 0.1) is 10.6 Å². The van der Waals surface area contributed by atoms with Crippen molar-refractivity contribution in [2.24, 2.45) is 0 Å². The van der Waals surface area contributed by atoms with Crippen molar-refractivity contribution in [1.29, 1.82) is 0 Å². The zero-order chi connectivity index (χ0) is 16.0. The predicted octanol–water partition coefficient (Wildman–Crippen LogP) is 5.35. The maximum Gasteiger partial charge on any atom is 0.414 e. The molecule has 2 nitrogen and oxygen atoms in total. The highest BCUT2D eigenvalue weighted by atomic mass is 35.5. The van der Waals surface area contributed by atoms with Crippen molar-refractivity contribution >= 4 is 28.2 Å². The molecule has 0 saturated carbocycles. The molecule has 1 rings (SSSR count). The normalized spacial score (nSPS) is 12.9. The molecule has 1 amide bonds. The summed E-state index contributed by atoms with van der Waals surface area (Å²) < 4.78 is 39.1. The molecule has 0 aromatic heterocycles. The van der Waals surface area contributed by atoms with E-state index in [2.05, 4.69) is 5.32 Å². The van der Waals surface area contributed by atoms with Gasteiger partial charge in [-0.25, -0.2) is 0 Å². The summed E-state index contributed by atoms with van der Waals surface area (Å²) in [6.07, 6.45) is -3.46. The first-order valence-corrected chi connectivity index (χ1v) is 6.97. The molecule has 0 aliphatic heterocycles. The first-order valence-electron chi connectivity index (χ1n) is 6.59. The van der Waals surface area contributed by atoms with Crippen LogP contribution in [0.1, 0.15) is 38.7 Å². The molecule has 1 aromatic rings. The number of carbonyl (C=O) groups is 1. The van der Waals surface area contributed by atoms with Crippen molar-refractivity contribution in [3.63, 3.8) is 0 Å². The van der Waals surface area contributed by atoms with E-state index in [0.717, 1.165) is 0 Å². The van der Waals surface area contributed by atoms with Crippen LogP contribution >= 0.6 is 11.6 Å². The minimum atomic E-state index is -4.44. The van der Waals surface area contributed by atoms with Crippen molar-refractivity contribution in [3.8, 4) is 0 Å². The van der Waals surface area contributed by atoms with Gasteiger partial charge in [-0.15, -0.1) is 0 Å². The molecule has 6 heteroatoms. The molecular weight excluding hydrogens is 303 g/mol. The van der Waals surface area contributed by atoms with Gasteiger partial charge in [-0.2, -0.15) is 13.2 Å². The van der Waals surface area contributed by atoms with E-state index in [1.54, 1.807) is 0 Å². The van der Waals surface area contributed by atoms with Crippen LogP contribution in [0.25, 0.3) is 5.03 Å². The molecule has 1 aromatic carbocycles. The molecular formula is C15H17ClF3NO. The van der Waals surface area contributed by atoms with E-state index in [4.69, 9.17) is 11.6 Å². The van der Waals surface area contributed by atoms with E-state index >= 15 is 0 Å². The Balaban J connectivity index is 3.08. The third-order valence-electron chi connectivity index (χ3n) is 2.85. The highest BCUT2D eigenvalue weighted by Crippen LogP contribution is 2.37. The maximum absolute atomic E-state index is 13.0. The van der Waals surface area contributed by atoms with E-state index in [1.807, 2.05) is 6.92 Å². The Hall–Kier alpha value is -1.49. The molecule has 0 atom stereocenters. The highest BCUT2D eigenvalue weighted by Gasteiger charge is 2.35. The van der Waals surface area contributed by atoms with Gasteiger partial charge in [0.25, 0.3) is 0 Å². The summed E-state index contributed by atoms with van der Waals surface area (Å²) in [5, 5.41) is 2.26. The van der Waals surface area contributed by atoms with Gasteiger partial charge < -0.3 is 5.32 Å². The largest absolute Gasteiger partial charge is 0.414 e. The summed E-state index contributed by atoms with van der Waals surface area (Å²) in [6.45, 7) is 3.18. The van der Waals surface area contributed by atoms with Crippen LogP contribution in [-0.4, -0.2) is 12.1 Å². The molecule has 0 heterocycles. The lowest BCUT2D eigenvalue weighted by Gasteiger charge is -2.14. The summed E-state index contributed by atoms with van der Waals surface area (Å²) in [5.74, 6) is -0.247. The molecule has 21 heavy (non-hydrogen) atoms. The monoisotopic (exact) mass is 319 g/mol. The highest BCUT2D eigenvalue weighted by molar-refractivity contribution is 6.49. The Kier molecular flexibility index (Phi) is 6.27. The van der Waals surface area contributed by atoms with Crippen molar-refractivity contribution in [1.82, 2.24) is 0 Å². The third kappa shape index (κ3) is 5.42. The molecule has 0 aliphatic carbocycles. The lowest BCUT2D eigenvalue weighted by Crippen LogP contribution is -2.13. The quantitative estimate of drug-likeness (QED) is 0.779. The van der Waals surface area contributed by atoms with Crippen molar-refractivity contribution in [2.75, 3.05) is 5.32 Å². The fraction of sp³-hybridized carbons (Fsp3) is 0.400. The van der Waals surface area contributed by atoms with Crippen LogP contribution < -0.4 is 5.32 Å². The van der Waals surface area contributed by atoms with E-state index in [9.17, 15) is 18.0 Å². The fourth-order valence-corrected chi connectivity index (χ4v) is 2.13. The van der Waals surface area contributed by atoms with Gasteiger partial charge in [-0.1, -0.05) is 37.1 Å². The number of benzene rings is 1. The topological polar surface area (TPSA) is 29.1 Å². The number of rotatable bonds is 5. The lowest BCUT2D eigenvalue weighted by atomic mass is 10.0. The van der Waals surface area contributed by atoms with Gasteiger partial charge in [0.1, 0.15) is 0 Å². The molecule has 0 spiro atoms. The number of alkyl halides is 3. The Labute approximate surface area is 127 Å². The second kappa shape index (κ2) is 7.50. The second-order valence-corrected chi connectivity index (χ2v) is 5.03. The molecule has 1 N–H and O–H groups in total. The number of nitrogens with one attached hydrogen (secondary N) is 1. The number of unbranched alkanes of at least 4 members (excludes halogenated alkanes) is 1. The number of allylic oxidation sites excluding steroid dienone is 1. The van der Waals surface area contributed by atoms with Crippen molar-refractivity contribution in [2.45, 2.75) is 39.3 Å².